The molecular weight excluding hydrogens is 271 g/mol. The van der Waals surface area contributed by atoms with Crippen LogP contribution >= 0.6 is 0 Å². The van der Waals surface area contributed by atoms with E-state index in [9.17, 15) is 9.18 Å². The van der Waals surface area contributed by atoms with Gasteiger partial charge in [0.25, 0.3) is 0 Å². The Morgan fingerprint density at radius 2 is 2.05 bits per heavy atom. The van der Waals surface area contributed by atoms with Crippen LogP contribution in [0.4, 0.5) is 4.39 Å². The van der Waals surface area contributed by atoms with Crippen LogP contribution in [0.2, 0.25) is 0 Å². The van der Waals surface area contributed by atoms with Gasteiger partial charge in [0.15, 0.2) is 5.78 Å². The van der Waals surface area contributed by atoms with Crippen molar-refractivity contribution in [2.24, 2.45) is 0 Å². The molecule has 0 fully saturated rings. The summed E-state index contributed by atoms with van der Waals surface area (Å²) in [5, 5.41) is 4.40. The number of rotatable bonds is 6. The third-order valence-corrected chi connectivity index (χ3v) is 3.39. The minimum absolute atomic E-state index is 0.0863. The monoisotopic (exact) mass is 290 g/mol. The first-order chi connectivity index (χ1) is 10.1. The van der Waals surface area contributed by atoms with Crippen molar-refractivity contribution in [1.82, 2.24) is 9.78 Å². The quantitative estimate of drug-likeness (QED) is 0.768. The Labute approximate surface area is 123 Å². The van der Waals surface area contributed by atoms with Gasteiger partial charge in [-0.1, -0.05) is 13.8 Å². The molecule has 0 spiro atoms. The summed E-state index contributed by atoms with van der Waals surface area (Å²) in [6, 6.07) is 5.94. The molecule has 0 atom stereocenters. The van der Waals surface area contributed by atoms with Gasteiger partial charge in [0.1, 0.15) is 18.1 Å². The molecule has 21 heavy (non-hydrogen) atoms. The number of nitrogens with zero attached hydrogens (tertiary/aromatic N) is 2. The maximum Gasteiger partial charge on any atom is 0.188 e. The molecule has 0 aliphatic carbocycles. The van der Waals surface area contributed by atoms with Gasteiger partial charge in [0.05, 0.1) is 18.4 Å². The highest BCUT2D eigenvalue weighted by atomic mass is 19.1. The zero-order valence-corrected chi connectivity index (χ0v) is 12.5. The molecule has 112 valence electrons. The van der Waals surface area contributed by atoms with Gasteiger partial charge in [-0.25, -0.2) is 4.39 Å². The molecule has 0 amide bonds. The molecule has 1 heterocycles. The second-order valence-corrected chi connectivity index (χ2v) is 4.76. The number of methoxy groups -OCH3 is 1. The molecule has 1 aromatic heterocycles. The Kier molecular flexibility index (Phi) is 4.73. The number of benzene rings is 1. The van der Waals surface area contributed by atoms with Gasteiger partial charge in [-0.2, -0.15) is 5.10 Å². The Morgan fingerprint density at radius 1 is 1.29 bits per heavy atom. The molecule has 1 aromatic carbocycles. The number of ether oxygens (including phenoxy) is 1. The first kappa shape index (κ1) is 15.2. The number of hydrogen-bond donors (Lipinski definition) is 0. The fourth-order valence-electron chi connectivity index (χ4n) is 2.23. The van der Waals surface area contributed by atoms with Gasteiger partial charge < -0.3 is 4.74 Å². The van der Waals surface area contributed by atoms with Crippen LogP contribution in [0.1, 0.15) is 35.6 Å². The van der Waals surface area contributed by atoms with Crippen molar-refractivity contribution in [1.29, 1.82) is 0 Å². The fourth-order valence-corrected chi connectivity index (χ4v) is 2.23. The first-order valence-electron chi connectivity index (χ1n) is 7.01. The molecule has 5 heteroatoms. The lowest BCUT2D eigenvalue weighted by molar-refractivity contribution is 0.0963. The van der Waals surface area contributed by atoms with E-state index in [4.69, 9.17) is 4.74 Å². The normalized spacial score (nSPS) is 10.7. The number of halogens is 1. The molecule has 0 saturated heterocycles. The maximum absolute atomic E-state index is 13.4. The number of aryl methyl sites for hydroxylation is 2. The highest BCUT2D eigenvalue weighted by Crippen LogP contribution is 2.20. The summed E-state index contributed by atoms with van der Waals surface area (Å²) in [7, 11) is 1.46. The standard InChI is InChI=1S/C16H19FN2O2/c1-4-12-9-13(5-2)19(18-12)10-15(20)14-8-11(17)6-7-16(14)21-3/h6-9H,4-5,10H2,1-3H3. The third kappa shape index (κ3) is 3.29. The molecule has 0 aliphatic rings. The van der Waals surface area contributed by atoms with Crippen LogP contribution in [-0.4, -0.2) is 22.7 Å². The largest absolute Gasteiger partial charge is 0.496 e. The van der Waals surface area contributed by atoms with Crippen molar-refractivity contribution >= 4 is 5.78 Å². The zero-order chi connectivity index (χ0) is 15.4. The molecule has 0 bridgehead atoms. The Bertz CT molecular complexity index is 650. The van der Waals surface area contributed by atoms with Gasteiger partial charge in [-0.15, -0.1) is 0 Å². The van der Waals surface area contributed by atoms with Crippen LogP contribution in [0, 0.1) is 5.82 Å². The highest BCUT2D eigenvalue weighted by molar-refractivity contribution is 5.98. The van der Waals surface area contributed by atoms with Crippen molar-refractivity contribution in [2.45, 2.75) is 33.2 Å². The number of carbonyl (C=O) groups excluding carboxylic acids is 1. The van der Waals surface area contributed by atoms with Gasteiger partial charge in [-0.05, 0) is 37.1 Å². The SMILES string of the molecule is CCc1cc(CC)n(CC(=O)c2cc(F)ccc2OC)n1. The van der Waals surface area contributed by atoms with Crippen molar-refractivity contribution in [3.8, 4) is 5.75 Å². The average molecular weight is 290 g/mol. The zero-order valence-electron chi connectivity index (χ0n) is 12.5. The lowest BCUT2D eigenvalue weighted by Crippen LogP contribution is -2.15. The summed E-state index contributed by atoms with van der Waals surface area (Å²) in [6.45, 7) is 4.12. The maximum atomic E-state index is 13.4. The van der Waals surface area contributed by atoms with Crippen molar-refractivity contribution in [3.05, 3.63) is 47.0 Å². The van der Waals surface area contributed by atoms with Gasteiger partial charge in [0.2, 0.25) is 0 Å². The Morgan fingerprint density at radius 3 is 2.67 bits per heavy atom. The van der Waals surface area contributed by atoms with Crippen LogP contribution in [0.5, 0.6) is 5.75 Å². The van der Waals surface area contributed by atoms with Crippen LogP contribution in [0.15, 0.2) is 24.3 Å². The molecule has 2 rings (SSSR count). The van der Waals surface area contributed by atoms with Gasteiger partial charge >= 0.3 is 0 Å². The third-order valence-electron chi connectivity index (χ3n) is 3.39. The van der Waals surface area contributed by atoms with Crippen molar-refractivity contribution in [3.63, 3.8) is 0 Å². The molecule has 0 radical (unpaired) electrons. The summed E-state index contributed by atoms with van der Waals surface area (Å²) >= 11 is 0. The molecule has 2 aromatic rings. The van der Waals surface area contributed by atoms with E-state index in [-0.39, 0.29) is 17.9 Å². The predicted octanol–water partition coefficient (Wildman–Crippen LogP) is 3.04. The Balaban J connectivity index is 2.29. The van der Waals surface area contributed by atoms with Crippen molar-refractivity contribution < 1.29 is 13.9 Å². The minimum atomic E-state index is -0.454. The molecular formula is C16H19FN2O2. The second-order valence-electron chi connectivity index (χ2n) is 4.76. The lowest BCUT2D eigenvalue weighted by atomic mass is 10.1. The van der Waals surface area contributed by atoms with E-state index in [2.05, 4.69) is 5.10 Å². The van der Waals surface area contributed by atoms with E-state index in [1.54, 1.807) is 4.68 Å². The van der Waals surface area contributed by atoms with E-state index in [1.807, 2.05) is 19.9 Å². The van der Waals surface area contributed by atoms with Crippen LogP contribution in [0.3, 0.4) is 0 Å². The van der Waals surface area contributed by atoms with Gasteiger partial charge in [0, 0.05) is 5.69 Å². The van der Waals surface area contributed by atoms with Gasteiger partial charge in [-0.3, -0.25) is 9.48 Å². The summed E-state index contributed by atoms with van der Waals surface area (Å²) in [5.74, 6) is -0.293. The molecule has 0 unspecified atom stereocenters. The number of aromatic nitrogens is 2. The van der Waals surface area contributed by atoms with E-state index in [0.717, 1.165) is 24.2 Å². The summed E-state index contributed by atoms with van der Waals surface area (Å²) in [6.07, 6.45) is 1.61. The van der Waals surface area contributed by atoms with E-state index in [0.29, 0.717) is 5.75 Å². The topological polar surface area (TPSA) is 44.1 Å². The van der Waals surface area contributed by atoms with E-state index in [1.165, 1.54) is 25.3 Å². The van der Waals surface area contributed by atoms with Crippen LogP contribution < -0.4 is 4.74 Å². The van der Waals surface area contributed by atoms with E-state index < -0.39 is 5.82 Å². The van der Waals surface area contributed by atoms with Crippen LogP contribution in [0.25, 0.3) is 0 Å². The molecule has 4 nitrogen and oxygen atoms in total. The highest BCUT2D eigenvalue weighted by Gasteiger charge is 2.16. The smallest absolute Gasteiger partial charge is 0.188 e. The molecule has 0 saturated carbocycles. The first-order valence-corrected chi connectivity index (χ1v) is 7.01. The Hall–Kier alpha value is -2.17. The summed E-state index contributed by atoms with van der Waals surface area (Å²) in [4.78, 5) is 12.4. The lowest BCUT2D eigenvalue weighted by Gasteiger charge is -2.09. The van der Waals surface area contributed by atoms with Crippen molar-refractivity contribution in [2.75, 3.05) is 7.11 Å². The average Bonchev–Trinajstić information content (AvgIpc) is 2.89. The molecule has 0 N–H and O–H groups in total. The number of carbonyl (C=O) groups is 1. The minimum Gasteiger partial charge on any atom is -0.496 e. The number of Topliss-reactive ketones (excluding diaryl/α,β-unsaturated/α-hetero) is 1. The fraction of sp³-hybridized carbons (Fsp3) is 0.375. The molecule has 0 aliphatic heterocycles. The number of ketones is 1. The summed E-state index contributed by atoms with van der Waals surface area (Å²) < 4.78 is 20.2. The summed E-state index contributed by atoms with van der Waals surface area (Å²) in [5.41, 5.74) is 2.19. The second kappa shape index (κ2) is 6.52. The van der Waals surface area contributed by atoms with E-state index >= 15 is 0 Å². The number of hydrogen-bond acceptors (Lipinski definition) is 3. The van der Waals surface area contributed by atoms with Crippen LogP contribution in [-0.2, 0) is 19.4 Å². The predicted molar refractivity (Wildman–Crippen MR) is 78.3 cm³/mol.